The molecule has 0 aromatic rings. The number of hydrogen-bond acceptors (Lipinski definition) is 6. The molecule has 1 aliphatic rings. The van der Waals surface area contributed by atoms with Crippen molar-refractivity contribution >= 4 is 15.8 Å². The summed E-state index contributed by atoms with van der Waals surface area (Å²) in [7, 11) is -1.83. The van der Waals surface area contributed by atoms with E-state index in [0.29, 0.717) is 12.8 Å². The highest BCUT2D eigenvalue weighted by molar-refractivity contribution is 7.91. The van der Waals surface area contributed by atoms with Crippen molar-refractivity contribution in [1.82, 2.24) is 0 Å². The van der Waals surface area contributed by atoms with E-state index in [1.807, 2.05) is 0 Å². The summed E-state index contributed by atoms with van der Waals surface area (Å²) in [5.41, 5.74) is 5.52. The number of nitrogens with two attached hydrogens (primary N) is 1. The summed E-state index contributed by atoms with van der Waals surface area (Å²) in [6.07, 6.45) is 0.359. The number of aliphatic hydroxyl groups is 1. The van der Waals surface area contributed by atoms with Gasteiger partial charge in [-0.05, 0) is 25.2 Å². The van der Waals surface area contributed by atoms with Gasteiger partial charge in [-0.15, -0.1) is 0 Å². The summed E-state index contributed by atoms with van der Waals surface area (Å²) < 4.78 is 27.3. The molecule has 1 aliphatic heterocycles. The number of ether oxygens (including phenoxy) is 1. The van der Waals surface area contributed by atoms with E-state index in [-0.39, 0.29) is 23.8 Å². The largest absolute Gasteiger partial charge is 0.468 e. The average molecular weight is 265 g/mol. The van der Waals surface area contributed by atoms with Crippen molar-refractivity contribution in [1.29, 1.82) is 0 Å². The van der Waals surface area contributed by atoms with Gasteiger partial charge in [0.05, 0.1) is 24.7 Å². The van der Waals surface area contributed by atoms with Gasteiger partial charge in [-0.1, -0.05) is 0 Å². The number of esters is 1. The van der Waals surface area contributed by atoms with Gasteiger partial charge >= 0.3 is 5.97 Å². The van der Waals surface area contributed by atoms with Gasteiger partial charge in [0.15, 0.2) is 9.84 Å². The van der Waals surface area contributed by atoms with Gasteiger partial charge in [0.2, 0.25) is 0 Å². The molecule has 0 saturated carbocycles. The lowest BCUT2D eigenvalue weighted by molar-refractivity contribution is -0.143. The first-order valence-corrected chi connectivity index (χ1v) is 7.40. The molecule has 6 nitrogen and oxygen atoms in total. The molecule has 7 heteroatoms. The molecule has 1 heterocycles. The Morgan fingerprint density at radius 3 is 2.76 bits per heavy atom. The van der Waals surface area contributed by atoms with Crippen molar-refractivity contribution in [2.24, 2.45) is 11.7 Å². The minimum atomic E-state index is -3.06. The van der Waals surface area contributed by atoms with Gasteiger partial charge in [-0.3, -0.25) is 4.79 Å². The molecule has 3 unspecified atom stereocenters. The summed E-state index contributed by atoms with van der Waals surface area (Å²) in [5.74, 6) is -0.770. The zero-order valence-corrected chi connectivity index (χ0v) is 10.6. The van der Waals surface area contributed by atoms with E-state index in [4.69, 9.17) is 5.73 Å². The first kappa shape index (κ1) is 14.4. The summed E-state index contributed by atoms with van der Waals surface area (Å²) in [4.78, 5) is 11.1. The van der Waals surface area contributed by atoms with Crippen LogP contribution < -0.4 is 5.73 Å². The standard InChI is InChI=1S/C10H19NO5S/c1-16-10(13)8(11)5-9(12)7-3-2-4-17(14,15)6-7/h7-9,12H,2-6,11H2,1H3. The normalized spacial score (nSPS) is 27.1. The number of carbonyl (C=O) groups excluding carboxylic acids is 1. The fourth-order valence-electron chi connectivity index (χ4n) is 2.06. The molecule has 0 aromatic heterocycles. The molecule has 1 rings (SSSR count). The third-order valence-corrected chi connectivity index (χ3v) is 4.89. The van der Waals surface area contributed by atoms with E-state index in [2.05, 4.69) is 4.74 Å². The number of rotatable bonds is 4. The SMILES string of the molecule is COC(=O)C(N)CC(O)C1CCCS(=O)(=O)C1. The van der Waals surface area contributed by atoms with Crippen LogP contribution in [-0.2, 0) is 19.4 Å². The summed E-state index contributed by atoms with van der Waals surface area (Å²) >= 11 is 0. The second-order valence-electron chi connectivity index (χ2n) is 4.45. The second kappa shape index (κ2) is 5.79. The lowest BCUT2D eigenvalue weighted by Crippen LogP contribution is -2.40. The Morgan fingerprint density at radius 1 is 1.59 bits per heavy atom. The predicted octanol–water partition coefficient (Wildman–Crippen LogP) is -0.937. The number of methoxy groups -OCH3 is 1. The highest BCUT2D eigenvalue weighted by atomic mass is 32.2. The quantitative estimate of drug-likeness (QED) is 0.635. The van der Waals surface area contributed by atoms with Crippen molar-refractivity contribution in [3.63, 3.8) is 0 Å². The molecular formula is C10H19NO5S. The number of aliphatic hydroxyl groups excluding tert-OH is 1. The topological polar surface area (TPSA) is 107 Å². The third kappa shape index (κ3) is 4.25. The number of carbonyl (C=O) groups is 1. The molecule has 17 heavy (non-hydrogen) atoms. The van der Waals surface area contributed by atoms with Crippen LogP contribution in [-0.4, -0.2) is 50.3 Å². The minimum Gasteiger partial charge on any atom is -0.468 e. The maximum atomic E-state index is 11.4. The average Bonchev–Trinajstić information content (AvgIpc) is 2.26. The Morgan fingerprint density at radius 2 is 2.24 bits per heavy atom. The van der Waals surface area contributed by atoms with Crippen molar-refractivity contribution in [3.8, 4) is 0 Å². The minimum absolute atomic E-state index is 0.0257. The molecule has 1 saturated heterocycles. The monoisotopic (exact) mass is 265 g/mol. The van der Waals surface area contributed by atoms with Crippen LogP contribution in [0, 0.1) is 5.92 Å². The third-order valence-electron chi connectivity index (χ3n) is 3.04. The zero-order valence-electron chi connectivity index (χ0n) is 9.83. The van der Waals surface area contributed by atoms with Crippen molar-refractivity contribution in [3.05, 3.63) is 0 Å². The van der Waals surface area contributed by atoms with Gasteiger partial charge in [0.1, 0.15) is 6.04 Å². The maximum absolute atomic E-state index is 11.4. The molecule has 0 radical (unpaired) electrons. The molecule has 0 aromatic carbocycles. The number of hydrogen-bond donors (Lipinski definition) is 2. The Balaban J connectivity index is 2.52. The molecule has 0 bridgehead atoms. The highest BCUT2D eigenvalue weighted by Crippen LogP contribution is 2.23. The first-order valence-electron chi connectivity index (χ1n) is 5.57. The Bertz CT molecular complexity index is 367. The summed E-state index contributed by atoms with van der Waals surface area (Å²) in [6.45, 7) is 0. The fraction of sp³-hybridized carbons (Fsp3) is 0.900. The van der Waals surface area contributed by atoms with E-state index in [1.165, 1.54) is 7.11 Å². The lowest BCUT2D eigenvalue weighted by atomic mass is 9.94. The molecule has 3 atom stereocenters. The van der Waals surface area contributed by atoms with Crippen molar-refractivity contribution < 1.29 is 23.1 Å². The Hall–Kier alpha value is -0.660. The first-order chi connectivity index (χ1) is 7.85. The Labute approximate surface area is 101 Å². The maximum Gasteiger partial charge on any atom is 0.322 e. The van der Waals surface area contributed by atoms with Crippen LogP contribution in [0.2, 0.25) is 0 Å². The molecule has 0 aliphatic carbocycles. The van der Waals surface area contributed by atoms with Crippen LogP contribution in [0.4, 0.5) is 0 Å². The molecule has 0 amide bonds. The molecular weight excluding hydrogens is 246 g/mol. The van der Waals surface area contributed by atoms with Gasteiger partial charge in [0.25, 0.3) is 0 Å². The van der Waals surface area contributed by atoms with Gasteiger partial charge < -0.3 is 15.6 Å². The fourth-order valence-corrected chi connectivity index (χ4v) is 3.88. The van der Waals surface area contributed by atoms with Gasteiger partial charge in [0, 0.05) is 0 Å². The zero-order chi connectivity index (χ0) is 13.1. The Kier molecular flexibility index (Phi) is 4.91. The summed E-state index contributed by atoms with van der Waals surface area (Å²) in [5, 5.41) is 9.87. The van der Waals surface area contributed by atoms with Gasteiger partial charge in [-0.25, -0.2) is 8.42 Å². The van der Waals surface area contributed by atoms with Crippen LogP contribution in [0.3, 0.4) is 0 Å². The van der Waals surface area contributed by atoms with Crippen LogP contribution in [0.5, 0.6) is 0 Å². The number of sulfone groups is 1. The molecule has 0 spiro atoms. The van der Waals surface area contributed by atoms with Crippen LogP contribution in [0.15, 0.2) is 0 Å². The van der Waals surface area contributed by atoms with Crippen LogP contribution in [0.25, 0.3) is 0 Å². The molecule has 3 N–H and O–H groups in total. The highest BCUT2D eigenvalue weighted by Gasteiger charge is 2.31. The summed E-state index contributed by atoms with van der Waals surface area (Å²) in [6, 6.07) is -0.903. The molecule has 1 fully saturated rings. The van der Waals surface area contributed by atoms with Crippen molar-refractivity contribution in [2.75, 3.05) is 18.6 Å². The van der Waals surface area contributed by atoms with Crippen LogP contribution >= 0.6 is 0 Å². The van der Waals surface area contributed by atoms with Crippen LogP contribution in [0.1, 0.15) is 19.3 Å². The van der Waals surface area contributed by atoms with E-state index in [0.717, 1.165) is 0 Å². The van der Waals surface area contributed by atoms with E-state index in [9.17, 15) is 18.3 Å². The van der Waals surface area contributed by atoms with Crippen molar-refractivity contribution in [2.45, 2.75) is 31.4 Å². The lowest BCUT2D eigenvalue weighted by Gasteiger charge is -2.27. The predicted molar refractivity (Wildman–Crippen MR) is 62.0 cm³/mol. The van der Waals surface area contributed by atoms with E-state index in [1.54, 1.807) is 0 Å². The van der Waals surface area contributed by atoms with E-state index >= 15 is 0 Å². The molecule has 100 valence electrons. The van der Waals surface area contributed by atoms with E-state index < -0.39 is 28.0 Å². The smallest absolute Gasteiger partial charge is 0.322 e. The second-order valence-corrected chi connectivity index (χ2v) is 6.68. The van der Waals surface area contributed by atoms with Gasteiger partial charge in [-0.2, -0.15) is 0 Å².